The summed E-state index contributed by atoms with van der Waals surface area (Å²) in [6.07, 6.45) is 1.28. The summed E-state index contributed by atoms with van der Waals surface area (Å²) in [6, 6.07) is 7.39. The maximum atomic E-state index is 12.0. The van der Waals surface area contributed by atoms with Crippen LogP contribution in [-0.4, -0.2) is 36.0 Å². The van der Waals surface area contributed by atoms with E-state index in [1.165, 1.54) is 0 Å². The van der Waals surface area contributed by atoms with Gasteiger partial charge in [0.25, 0.3) is 0 Å². The molecule has 4 nitrogen and oxygen atoms in total. The molecule has 0 aromatic heterocycles. The van der Waals surface area contributed by atoms with Crippen molar-refractivity contribution in [2.75, 3.05) is 13.1 Å². The van der Waals surface area contributed by atoms with Crippen LogP contribution in [0.2, 0.25) is 0 Å². The van der Waals surface area contributed by atoms with Crippen molar-refractivity contribution in [3.05, 3.63) is 35.4 Å². The molecule has 0 atom stereocenters. The molecule has 0 aliphatic heterocycles. The van der Waals surface area contributed by atoms with E-state index in [9.17, 15) is 9.59 Å². The van der Waals surface area contributed by atoms with Crippen LogP contribution in [0.4, 0.5) is 4.79 Å². The van der Waals surface area contributed by atoms with Crippen molar-refractivity contribution in [3.8, 4) is 0 Å². The zero-order valence-corrected chi connectivity index (χ0v) is 12.7. The van der Waals surface area contributed by atoms with Gasteiger partial charge < -0.3 is 9.64 Å². The van der Waals surface area contributed by atoms with Gasteiger partial charge in [-0.2, -0.15) is 0 Å². The first-order valence-corrected chi connectivity index (χ1v) is 6.87. The topological polar surface area (TPSA) is 46.6 Å². The number of carbonyl (C=O) groups excluding carboxylic acids is 2. The molecule has 0 aliphatic carbocycles. The second kappa shape index (κ2) is 7.08. The molecule has 4 heteroatoms. The Bertz CT molecular complexity index is 446. The Morgan fingerprint density at radius 2 is 1.85 bits per heavy atom. The molecule has 110 valence electrons. The number of ether oxygens (including phenoxy) is 1. The van der Waals surface area contributed by atoms with Gasteiger partial charge in [-0.3, -0.25) is 4.79 Å². The van der Waals surface area contributed by atoms with Crippen molar-refractivity contribution in [3.63, 3.8) is 0 Å². The minimum Gasteiger partial charge on any atom is -0.444 e. The van der Waals surface area contributed by atoms with Crippen LogP contribution in [0.15, 0.2) is 24.3 Å². The molecular formula is C16H23NO3. The van der Waals surface area contributed by atoms with Crippen LogP contribution in [-0.2, 0) is 11.2 Å². The van der Waals surface area contributed by atoms with E-state index in [-0.39, 0.29) is 6.09 Å². The van der Waals surface area contributed by atoms with Crippen molar-refractivity contribution in [2.45, 2.75) is 39.7 Å². The van der Waals surface area contributed by atoms with E-state index >= 15 is 0 Å². The molecule has 0 saturated heterocycles. The number of likely N-dealkylation sites (N-methyl/N-ethyl adjacent to an activating group) is 1. The molecule has 1 aromatic carbocycles. The quantitative estimate of drug-likeness (QED) is 0.776. The average Bonchev–Trinajstić information content (AvgIpc) is 2.38. The highest BCUT2D eigenvalue weighted by Crippen LogP contribution is 2.11. The van der Waals surface area contributed by atoms with Gasteiger partial charge in [-0.1, -0.05) is 24.3 Å². The van der Waals surface area contributed by atoms with E-state index in [0.29, 0.717) is 18.7 Å². The van der Waals surface area contributed by atoms with Crippen LogP contribution >= 0.6 is 0 Å². The van der Waals surface area contributed by atoms with E-state index in [4.69, 9.17) is 4.74 Å². The summed E-state index contributed by atoms with van der Waals surface area (Å²) in [4.78, 5) is 24.2. The molecule has 1 amide bonds. The second-order valence-electron chi connectivity index (χ2n) is 5.67. The highest BCUT2D eigenvalue weighted by molar-refractivity contribution is 5.74. The fraction of sp³-hybridized carbons (Fsp3) is 0.500. The summed E-state index contributed by atoms with van der Waals surface area (Å²) >= 11 is 0. The largest absolute Gasteiger partial charge is 0.444 e. The molecular weight excluding hydrogens is 254 g/mol. The van der Waals surface area contributed by atoms with Crippen LogP contribution in [0.5, 0.6) is 0 Å². The predicted molar refractivity (Wildman–Crippen MR) is 79.0 cm³/mol. The van der Waals surface area contributed by atoms with Crippen molar-refractivity contribution in [1.29, 1.82) is 0 Å². The van der Waals surface area contributed by atoms with Gasteiger partial charge in [-0.25, -0.2) is 4.79 Å². The number of aldehydes is 1. The first kappa shape index (κ1) is 16.2. The molecule has 0 radical (unpaired) electrons. The van der Waals surface area contributed by atoms with Gasteiger partial charge in [0.05, 0.1) is 0 Å². The monoisotopic (exact) mass is 277 g/mol. The normalized spacial score (nSPS) is 11.0. The summed E-state index contributed by atoms with van der Waals surface area (Å²) in [5, 5.41) is 0. The lowest BCUT2D eigenvalue weighted by molar-refractivity contribution is 0.0262. The summed E-state index contributed by atoms with van der Waals surface area (Å²) < 4.78 is 5.36. The lowest BCUT2D eigenvalue weighted by atomic mass is 10.1. The number of amides is 1. The molecule has 0 unspecified atom stereocenters. The van der Waals surface area contributed by atoms with Gasteiger partial charge >= 0.3 is 6.09 Å². The molecule has 20 heavy (non-hydrogen) atoms. The van der Waals surface area contributed by atoms with E-state index < -0.39 is 5.60 Å². The second-order valence-corrected chi connectivity index (χ2v) is 5.67. The first-order chi connectivity index (χ1) is 9.35. The van der Waals surface area contributed by atoms with Crippen molar-refractivity contribution in [2.24, 2.45) is 0 Å². The van der Waals surface area contributed by atoms with E-state index in [0.717, 1.165) is 18.3 Å². The Morgan fingerprint density at radius 3 is 2.30 bits per heavy atom. The molecule has 1 aromatic rings. The predicted octanol–water partition coefficient (Wildman–Crippen LogP) is 3.30. The lowest BCUT2D eigenvalue weighted by Crippen LogP contribution is -2.37. The van der Waals surface area contributed by atoms with Crippen LogP contribution < -0.4 is 0 Å². The highest BCUT2D eigenvalue weighted by atomic mass is 16.6. The standard InChI is InChI=1S/C16H23NO3/c1-5-17(15(19)20-16(2,3)4)11-10-13-6-8-14(12-18)9-7-13/h6-9,12H,5,10-11H2,1-4H3. The number of rotatable bonds is 5. The third-order valence-corrected chi connectivity index (χ3v) is 2.82. The maximum absolute atomic E-state index is 12.0. The zero-order chi connectivity index (χ0) is 15.2. The minimum atomic E-state index is -0.476. The van der Waals surface area contributed by atoms with Crippen molar-refractivity contribution >= 4 is 12.4 Å². The summed E-state index contributed by atoms with van der Waals surface area (Å²) in [7, 11) is 0. The number of carbonyl (C=O) groups is 2. The Hall–Kier alpha value is -1.84. The fourth-order valence-corrected chi connectivity index (χ4v) is 1.73. The third kappa shape index (κ3) is 5.43. The lowest BCUT2D eigenvalue weighted by Gasteiger charge is -2.26. The smallest absolute Gasteiger partial charge is 0.410 e. The molecule has 0 N–H and O–H groups in total. The van der Waals surface area contributed by atoms with Crippen molar-refractivity contribution < 1.29 is 14.3 Å². The number of hydrogen-bond acceptors (Lipinski definition) is 3. The van der Waals surface area contributed by atoms with E-state index in [1.54, 1.807) is 17.0 Å². The highest BCUT2D eigenvalue weighted by Gasteiger charge is 2.20. The van der Waals surface area contributed by atoms with E-state index in [2.05, 4.69) is 0 Å². The van der Waals surface area contributed by atoms with E-state index in [1.807, 2.05) is 39.8 Å². The Balaban J connectivity index is 2.55. The van der Waals surface area contributed by atoms with Gasteiger partial charge in [-0.05, 0) is 39.7 Å². The molecule has 0 fully saturated rings. The summed E-state index contributed by atoms with van der Waals surface area (Å²) in [5.41, 5.74) is 1.28. The number of hydrogen-bond donors (Lipinski definition) is 0. The Kier molecular flexibility index (Phi) is 5.74. The first-order valence-electron chi connectivity index (χ1n) is 6.87. The van der Waals surface area contributed by atoms with Crippen LogP contribution in [0, 0.1) is 0 Å². The van der Waals surface area contributed by atoms with Gasteiger partial charge in [0.1, 0.15) is 11.9 Å². The Labute approximate surface area is 120 Å². The molecule has 0 spiro atoms. The Morgan fingerprint density at radius 1 is 1.25 bits per heavy atom. The number of benzene rings is 1. The van der Waals surface area contributed by atoms with Crippen LogP contribution in [0.25, 0.3) is 0 Å². The average molecular weight is 277 g/mol. The summed E-state index contributed by atoms with van der Waals surface area (Å²) in [6.45, 7) is 8.72. The van der Waals surface area contributed by atoms with Crippen molar-refractivity contribution in [1.82, 2.24) is 4.90 Å². The molecule has 0 heterocycles. The molecule has 0 bridgehead atoms. The zero-order valence-electron chi connectivity index (χ0n) is 12.7. The third-order valence-electron chi connectivity index (χ3n) is 2.82. The van der Waals surface area contributed by atoms with Crippen LogP contribution in [0.1, 0.15) is 43.6 Å². The summed E-state index contributed by atoms with van der Waals surface area (Å²) in [5.74, 6) is 0. The fourth-order valence-electron chi connectivity index (χ4n) is 1.73. The van der Waals surface area contributed by atoms with Gasteiger partial charge in [0, 0.05) is 18.7 Å². The SMILES string of the molecule is CCN(CCc1ccc(C=O)cc1)C(=O)OC(C)(C)C. The molecule has 0 aliphatic rings. The maximum Gasteiger partial charge on any atom is 0.410 e. The van der Waals surface area contributed by atoms with Gasteiger partial charge in [0.2, 0.25) is 0 Å². The molecule has 1 rings (SSSR count). The molecule has 0 saturated carbocycles. The van der Waals surface area contributed by atoms with Crippen LogP contribution in [0.3, 0.4) is 0 Å². The minimum absolute atomic E-state index is 0.287. The van der Waals surface area contributed by atoms with Gasteiger partial charge in [-0.15, -0.1) is 0 Å². The number of nitrogens with zero attached hydrogens (tertiary/aromatic N) is 1. The van der Waals surface area contributed by atoms with Gasteiger partial charge in [0.15, 0.2) is 0 Å².